The van der Waals surface area contributed by atoms with Crippen LogP contribution in [0.4, 0.5) is 4.39 Å². The first-order chi connectivity index (χ1) is 9.50. The summed E-state index contributed by atoms with van der Waals surface area (Å²) in [6.07, 6.45) is 1.79. The van der Waals surface area contributed by atoms with Crippen molar-refractivity contribution >= 4 is 23.5 Å². The maximum atomic E-state index is 13.7. The number of carboxylic acid groups (broad SMARTS) is 1. The van der Waals surface area contributed by atoms with Gasteiger partial charge in [-0.3, -0.25) is 9.59 Å². The average molecular weight is 300 g/mol. The normalized spacial score (nSPS) is 21.7. The summed E-state index contributed by atoms with van der Waals surface area (Å²) in [5, 5.41) is 11.6. The fourth-order valence-corrected chi connectivity index (χ4v) is 2.76. The summed E-state index contributed by atoms with van der Waals surface area (Å²) in [4.78, 5) is 23.0. The van der Waals surface area contributed by atoms with Crippen molar-refractivity contribution in [2.75, 3.05) is 0 Å². The lowest BCUT2D eigenvalue weighted by atomic mass is 9.95. The van der Waals surface area contributed by atoms with Crippen molar-refractivity contribution in [3.05, 3.63) is 34.6 Å². The first-order valence-electron chi connectivity index (χ1n) is 6.44. The molecule has 1 aliphatic carbocycles. The van der Waals surface area contributed by atoms with Crippen LogP contribution in [0.15, 0.2) is 18.2 Å². The largest absolute Gasteiger partial charge is 0.481 e. The zero-order chi connectivity index (χ0) is 14.7. The average Bonchev–Trinajstić information content (AvgIpc) is 2.89. The summed E-state index contributed by atoms with van der Waals surface area (Å²) in [5.41, 5.74) is 0.288. The summed E-state index contributed by atoms with van der Waals surface area (Å²) < 4.78 is 13.7. The van der Waals surface area contributed by atoms with Crippen molar-refractivity contribution in [2.24, 2.45) is 11.8 Å². The molecule has 1 aromatic carbocycles. The van der Waals surface area contributed by atoms with Crippen LogP contribution >= 0.6 is 11.6 Å². The van der Waals surface area contributed by atoms with Gasteiger partial charge in [0.1, 0.15) is 5.82 Å². The van der Waals surface area contributed by atoms with Crippen LogP contribution in [-0.4, -0.2) is 17.0 Å². The minimum Gasteiger partial charge on any atom is -0.481 e. The van der Waals surface area contributed by atoms with Gasteiger partial charge in [0, 0.05) is 12.1 Å². The van der Waals surface area contributed by atoms with Gasteiger partial charge in [0.25, 0.3) is 0 Å². The van der Waals surface area contributed by atoms with Gasteiger partial charge in [0.2, 0.25) is 5.91 Å². The second-order valence-electron chi connectivity index (χ2n) is 4.91. The predicted molar refractivity (Wildman–Crippen MR) is 71.7 cm³/mol. The lowest BCUT2D eigenvalue weighted by molar-refractivity contribution is -0.146. The Labute approximate surface area is 120 Å². The topological polar surface area (TPSA) is 66.4 Å². The third-order valence-corrected chi connectivity index (χ3v) is 3.95. The van der Waals surface area contributed by atoms with E-state index in [9.17, 15) is 14.0 Å². The van der Waals surface area contributed by atoms with Crippen molar-refractivity contribution in [3.8, 4) is 0 Å². The molecule has 0 heterocycles. The van der Waals surface area contributed by atoms with Gasteiger partial charge in [-0.25, -0.2) is 4.39 Å². The highest BCUT2D eigenvalue weighted by Crippen LogP contribution is 2.32. The minimum absolute atomic E-state index is 0.000952. The van der Waals surface area contributed by atoms with Gasteiger partial charge < -0.3 is 10.4 Å². The van der Waals surface area contributed by atoms with Crippen LogP contribution in [0.3, 0.4) is 0 Å². The SMILES string of the molecule is O=C(O)[C@@H]1CCC[C@H]1C(=O)NCc1cccc(Cl)c1F. The molecule has 2 rings (SSSR count). The fraction of sp³-hybridized carbons (Fsp3) is 0.429. The van der Waals surface area contributed by atoms with E-state index >= 15 is 0 Å². The Morgan fingerprint density at radius 3 is 2.75 bits per heavy atom. The molecule has 0 unspecified atom stereocenters. The number of benzene rings is 1. The maximum Gasteiger partial charge on any atom is 0.307 e. The van der Waals surface area contributed by atoms with Crippen molar-refractivity contribution in [1.82, 2.24) is 5.32 Å². The Bertz CT molecular complexity index is 535. The molecule has 0 radical (unpaired) electrons. The number of hydrogen-bond acceptors (Lipinski definition) is 2. The molecule has 1 aliphatic rings. The second-order valence-corrected chi connectivity index (χ2v) is 5.32. The molecule has 1 fully saturated rings. The number of amides is 1. The summed E-state index contributed by atoms with van der Waals surface area (Å²) >= 11 is 5.66. The van der Waals surface area contributed by atoms with E-state index in [4.69, 9.17) is 16.7 Å². The molecule has 4 nitrogen and oxygen atoms in total. The predicted octanol–water partition coefficient (Wildman–Crippen LogP) is 2.60. The summed E-state index contributed by atoms with van der Waals surface area (Å²) in [6.45, 7) is 0.00800. The Balaban J connectivity index is 1.98. The van der Waals surface area contributed by atoms with Crippen molar-refractivity contribution in [2.45, 2.75) is 25.8 Å². The molecule has 2 atom stereocenters. The van der Waals surface area contributed by atoms with Gasteiger partial charge in [0.15, 0.2) is 0 Å². The number of aliphatic carboxylic acids is 1. The smallest absolute Gasteiger partial charge is 0.307 e. The Kier molecular flexibility index (Phi) is 4.60. The van der Waals surface area contributed by atoms with Crippen LogP contribution in [0.25, 0.3) is 0 Å². The lowest BCUT2D eigenvalue weighted by Crippen LogP contribution is -2.35. The number of hydrogen-bond donors (Lipinski definition) is 2. The molecular formula is C14H15ClFNO3. The van der Waals surface area contributed by atoms with Gasteiger partial charge >= 0.3 is 5.97 Å². The van der Waals surface area contributed by atoms with E-state index < -0.39 is 23.6 Å². The van der Waals surface area contributed by atoms with Gasteiger partial charge in [-0.05, 0) is 18.9 Å². The Morgan fingerprint density at radius 2 is 2.05 bits per heavy atom. The first-order valence-corrected chi connectivity index (χ1v) is 6.82. The number of nitrogens with one attached hydrogen (secondary N) is 1. The highest BCUT2D eigenvalue weighted by atomic mass is 35.5. The number of halogens is 2. The quantitative estimate of drug-likeness (QED) is 0.898. The molecule has 0 spiro atoms. The molecule has 20 heavy (non-hydrogen) atoms. The molecule has 2 N–H and O–H groups in total. The maximum absolute atomic E-state index is 13.7. The molecule has 0 aliphatic heterocycles. The molecule has 108 valence electrons. The van der Waals surface area contributed by atoms with E-state index in [-0.39, 0.29) is 23.0 Å². The molecular weight excluding hydrogens is 285 g/mol. The summed E-state index contributed by atoms with van der Waals surface area (Å²) in [5.74, 6) is -3.02. The van der Waals surface area contributed by atoms with Crippen molar-refractivity contribution in [1.29, 1.82) is 0 Å². The fourth-order valence-electron chi connectivity index (χ4n) is 2.57. The van der Waals surface area contributed by atoms with Crippen LogP contribution in [-0.2, 0) is 16.1 Å². The third-order valence-electron chi connectivity index (χ3n) is 3.65. The Morgan fingerprint density at radius 1 is 1.35 bits per heavy atom. The van der Waals surface area contributed by atoms with Gasteiger partial charge in [-0.2, -0.15) is 0 Å². The van der Waals surface area contributed by atoms with E-state index in [2.05, 4.69) is 5.32 Å². The highest BCUT2D eigenvalue weighted by molar-refractivity contribution is 6.30. The van der Waals surface area contributed by atoms with E-state index in [0.29, 0.717) is 12.8 Å². The van der Waals surface area contributed by atoms with Crippen molar-refractivity contribution < 1.29 is 19.1 Å². The monoisotopic (exact) mass is 299 g/mol. The number of carboxylic acids is 1. The first kappa shape index (κ1) is 14.8. The molecule has 6 heteroatoms. The van der Waals surface area contributed by atoms with Crippen LogP contribution in [0.5, 0.6) is 0 Å². The zero-order valence-corrected chi connectivity index (χ0v) is 11.5. The van der Waals surface area contributed by atoms with E-state index in [1.165, 1.54) is 12.1 Å². The minimum atomic E-state index is -0.948. The zero-order valence-electron chi connectivity index (χ0n) is 10.7. The van der Waals surface area contributed by atoms with E-state index in [1.54, 1.807) is 6.07 Å². The lowest BCUT2D eigenvalue weighted by Gasteiger charge is -2.15. The van der Waals surface area contributed by atoms with Crippen LogP contribution in [0.2, 0.25) is 5.02 Å². The molecule has 1 amide bonds. The molecule has 1 saturated carbocycles. The standard InChI is InChI=1S/C14H15ClFNO3/c15-11-6-1-3-8(12(11)16)7-17-13(18)9-4-2-5-10(9)14(19)20/h1,3,6,9-10H,2,4-5,7H2,(H,17,18)(H,19,20)/t9-,10-/m1/s1. The number of carbonyl (C=O) groups excluding carboxylic acids is 1. The molecule has 0 saturated heterocycles. The van der Waals surface area contributed by atoms with Crippen molar-refractivity contribution in [3.63, 3.8) is 0 Å². The van der Waals surface area contributed by atoms with Gasteiger partial charge in [-0.1, -0.05) is 30.2 Å². The van der Waals surface area contributed by atoms with Crippen LogP contribution in [0.1, 0.15) is 24.8 Å². The van der Waals surface area contributed by atoms with Gasteiger partial charge in [-0.15, -0.1) is 0 Å². The summed E-state index contributed by atoms with van der Waals surface area (Å²) in [6, 6.07) is 4.56. The second kappa shape index (κ2) is 6.22. The highest BCUT2D eigenvalue weighted by Gasteiger charge is 2.37. The van der Waals surface area contributed by atoms with E-state index in [0.717, 1.165) is 6.42 Å². The van der Waals surface area contributed by atoms with Crippen LogP contribution in [0, 0.1) is 17.7 Å². The number of rotatable bonds is 4. The Hall–Kier alpha value is -1.62. The summed E-state index contributed by atoms with van der Waals surface area (Å²) in [7, 11) is 0. The molecule has 0 bridgehead atoms. The van der Waals surface area contributed by atoms with E-state index in [1.807, 2.05) is 0 Å². The van der Waals surface area contributed by atoms with Gasteiger partial charge in [0.05, 0.1) is 16.9 Å². The molecule has 0 aromatic heterocycles. The molecule has 1 aromatic rings. The van der Waals surface area contributed by atoms with Crippen LogP contribution < -0.4 is 5.32 Å². The third kappa shape index (κ3) is 3.10. The number of carbonyl (C=O) groups is 2.